The molecule has 3 aliphatic rings. The van der Waals surface area contributed by atoms with Gasteiger partial charge >= 0.3 is 6.18 Å². The fraction of sp³-hybridized carbons (Fsp3) is 0.458. The molecule has 1 heterocycles. The fourth-order valence-corrected chi connectivity index (χ4v) is 6.10. The van der Waals surface area contributed by atoms with Gasteiger partial charge in [-0.2, -0.15) is 13.2 Å². The van der Waals surface area contributed by atoms with Crippen molar-refractivity contribution in [2.24, 2.45) is 23.7 Å². The molecule has 31 heavy (non-hydrogen) atoms. The van der Waals surface area contributed by atoms with E-state index in [1.165, 1.54) is 6.07 Å². The zero-order valence-corrected chi connectivity index (χ0v) is 17.2. The minimum atomic E-state index is -4.46. The number of ketones is 2. The molecule has 3 aliphatic carbocycles. The molecule has 1 aromatic heterocycles. The second kappa shape index (κ2) is 6.90. The molecule has 0 N–H and O–H groups in total. The summed E-state index contributed by atoms with van der Waals surface area (Å²) in [5.74, 6) is 0.318. The first kappa shape index (κ1) is 20.2. The van der Waals surface area contributed by atoms with E-state index in [-0.39, 0.29) is 29.3 Å². The summed E-state index contributed by atoms with van der Waals surface area (Å²) in [7, 11) is 0. The summed E-state index contributed by atoms with van der Waals surface area (Å²) in [6.45, 7) is 3.66. The molecule has 2 bridgehead atoms. The van der Waals surface area contributed by atoms with Gasteiger partial charge in [-0.15, -0.1) is 0 Å². The first-order chi connectivity index (χ1) is 14.6. The Bertz CT molecular complexity index is 1030. The van der Waals surface area contributed by atoms with Crippen LogP contribution in [-0.4, -0.2) is 16.6 Å². The van der Waals surface area contributed by atoms with Crippen LogP contribution in [0.3, 0.4) is 0 Å². The van der Waals surface area contributed by atoms with Crippen molar-refractivity contribution in [3.8, 4) is 11.6 Å². The standard InChI is InChI=1S/C24H22F3NO3/c1-11-7-16(31-17-6-5-15(10-28-17)24(25,26)27)8-12(2)18(11)21-22(29)19-13-3-4-14(9-13)20(19)23(21)30/h5-8,10,13-14,19-21H,3-4,9H2,1-2H3. The number of Topliss-reactive ketones (excluding diaryl/α,β-unsaturated/α-hetero) is 2. The third-order valence-electron chi connectivity index (χ3n) is 7.28. The highest BCUT2D eigenvalue weighted by molar-refractivity contribution is 6.17. The molecule has 1 aromatic carbocycles. The second-order valence-electron chi connectivity index (χ2n) is 9.08. The Kier molecular flexibility index (Phi) is 4.50. The van der Waals surface area contributed by atoms with E-state index in [2.05, 4.69) is 4.98 Å². The maximum absolute atomic E-state index is 13.2. The molecule has 3 saturated carbocycles. The lowest BCUT2D eigenvalue weighted by molar-refractivity contribution is -0.138. The molecule has 162 valence electrons. The number of alkyl halides is 3. The number of aryl methyl sites for hydroxylation is 2. The van der Waals surface area contributed by atoms with E-state index in [0.717, 1.165) is 48.2 Å². The quantitative estimate of drug-likeness (QED) is 0.613. The second-order valence-corrected chi connectivity index (χ2v) is 9.08. The van der Waals surface area contributed by atoms with E-state index >= 15 is 0 Å². The minimum Gasteiger partial charge on any atom is -0.439 e. The molecular weight excluding hydrogens is 407 g/mol. The van der Waals surface area contributed by atoms with Crippen molar-refractivity contribution in [1.29, 1.82) is 0 Å². The summed E-state index contributed by atoms with van der Waals surface area (Å²) >= 11 is 0. The van der Waals surface area contributed by atoms with Gasteiger partial charge in [0.25, 0.3) is 0 Å². The van der Waals surface area contributed by atoms with E-state index in [1.807, 2.05) is 13.8 Å². The molecule has 4 nitrogen and oxygen atoms in total. The number of hydrogen-bond donors (Lipinski definition) is 0. The van der Waals surface area contributed by atoms with Gasteiger partial charge in [-0.05, 0) is 79.8 Å². The van der Waals surface area contributed by atoms with Crippen molar-refractivity contribution in [1.82, 2.24) is 4.98 Å². The van der Waals surface area contributed by atoms with Gasteiger partial charge in [0.1, 0.15) is 11.7 Å². The van der Waals surface area contributed by atoms with Crippen molar-refractivity contribution < 1.29 is 27.5 Å². The average Bonchev–Trinajstić information content (AvgIpc) is 3.37. The highest BCUT2D eigenvalue weighted by Gasteiger charge is 2.61. The SMILES string of the molecule is Cc1cc(Oc2ccc(C(F)(F)F)cn2)cc(C)c1C1C(=O)C2C3CCC(C3)C2C1=O. The number of aromatic nitrogens is 1. The van der Waals surface area contributed by atoms with Crippen LogP contribution in [0.4, 0.5) is 13.2 Å². The molecule has 4 unspecified atom stereocenters. The number of rotatable bonds is 3. The van der Waals surface area contributed by atoms with Crippen LogP contribution < -0.4 is 4.74 Å². The minimum absolute atomic E-state index is 0.0404. The number of halogens is 3. The third-order valence-corrected chi connectivity index (χ3v) is 7.28. The molecule has 3 fully saturated rings. The zero-order valence-electron chi connectivity index (χ0n) is 17.2. The summed E-state index contributed by atoms with van der Waals surface area (Å²) < 4.78 is 43.8. The molecule has 2 aromatic rings. The van der Waals surface area contributed by atoms with Crippen molar-refractivity contribution in [2.75, 3.05) is 0 Å². The number of carbonyl (C=O) groups excluding carboxylic acids is 2. The average molecular weight is 429 g/mol. The van der Waals surface area contributed by atoms with Crippen molar-refractivity contribution >= 4 is 11.6 Å². The van der Waals surface area contributed by atoms with Gasteiger partial charge in [-0.3, -0.25) is 9.59 Å². The van der Waals surface area contributed by atoms with Crippen LogP contribution in [0.2, 0.25) is 0 Å². The maximum atomic E-state index is 13.2. The van der Waals surface area contributed by atoms with Gasteiger partial charge in [-0.25, -0.2) is 4.98 Å². The largest absolute Gasteiger partial charge is 0.439 e. The van der Waals surface area contributed by atoms with Crippen molar-refractivity contribution in [3.05, 3.63) is 52.7 Å². The highest BCUT2D eigenvalue weighted by atomic mass is 19.4. The van der Waals surface area contributed by atoms with E-state index in [1.54, 1.807) is 12.1 Å². The smallest absolute Gasteiger partial charge is 0.417 e. The Labute approximate surface area is 177 Å². The summed E-state index contributed by atoms with van der Waals surface area (Å²) in [4.78, 5) is 30.2. The molecule has 0 amide bonds. The Morgan fingerprint density at radius 3 is 2.03 bits per heavy atom. The number of pyridine rings is 1. The lowest BCUT2D eigenvalue weighted by atomic mass is 9.81. The molecule has 0 radical (unpaired) electrons. The van der Waals surface area contributed by atoms with Crippen molar-refractivity contribution in [2.45, 2.75) is 45.2 Å². The van der Waals surface area contributed by atoms with E-state index in [4.69, 9.17) is 4.74 Å². The van der Waals surface area contributed by atoms with Crippen LogP contribution >= 0.6 is 0 Å². The summed E-state index contributed by atoms with van der Waals surface area (Å²) in [5.41, 5.74) is 1.43. The summed E-state index contributed by atoms with van der Waals surface area (Å²) in [5, 5.41) is 0. The van der Waals surface area contributed by atoms with Crippen molar-refractivity contribution in [3.63, 3.8) is 0 Å². The number of nitrogens with zero attached hydrogens (tertiary/aromatic N) is 1. The van der Waals surface area contributed by atoms with Gasteiger partial charge in [0.15, 0.2) is 11.6 Å². The highest BCUT2D eigenvalue weighted by Crippen LogP contribution is 2.59. The fourth-order valence-electron chi connectivity index (χ4n) is 6.10. The molecule has 0 aliphatic heterocycles. The number of hydrogen-bond acceptors (Lipinski definition) is 4. The van der Waals surface area contributed by atoms with Gasteiger partial charge in [0.05, 0.1) is 5.56 Å². The first-order valence-electron chi connectivity index (χ1n) is 10.5. The number of benzene rings is 1. The van der Waals surface area contributed by atoms with Gasteiger partial charge < -0.3 is 4.74 Å². The van der Waals surface area contributed by atoms with Crippen LogP contribution in [-0.2, 0) is 15.8 Å². The lowest BCUT2D eigenvalue weighted by Crippen LogP contribution is -2.24. The third kappa shape index (κ3) is 3.17. The topological polar surface area (TPSA) is 56.3 Å². The summed E-state index contributed by atoms with van der Waals surface area (Å²) in [6, 6.07) is 5.51. The normalized spacial score (nSPS) is 29.5. The zero-order chi connectivity index (χ0) is 22.1. The molecule has 4 atom stereocenters. The number of ether oxygens (including phenoxy) is 1. The Balaban J connectivity index is 1.41. The monoisotopic (exact) mass is 429 g/mol. The molecule has 5 rings (SSSR count). The van der Waals surface area contributed by atoms with Crippen LogP contribution in [0.5, 0.6) is 11.6 Å². The Hall–Kier alpha value is -2.70. The molecular formula is C24H22F3NO3. The predicted molar refractivity (Wildman–Crippen MR) is 106 cm³/mol. The maximum Gasteiger partial charge on any atom is 0.417 e. The lowest BCUT2D eigenvalue weighted by Gasteiger charge is -2.21. The van der Waals surface area contributed by atoms with Gasteiger partial charge in [0.2, 0.25) is 5.88 Å². The van der Waals surface area contributed by atoms with Crippen LogP contribution in [0.25, 0.3) is 0 Å². The van der Waals surface area contributed by atoms with E-state index < -0.39 is 17.7 Å². The Morgan fingerprint density at radius 1 is 0.968 bits per heavy atom. The van der Waals surface area contributed by atoms with Gasteiger partial charge in [0, 0.05) is 24.1 Å². The molecule has 0 spiro atoms. The van der Waals surface area contributed by atoms with Crippen LogP contribution in [0, 0.1) is 37.5 Å². The number of carbonyl (C=O) groups is 2. The number of fused-ring (bicyclic) bond motifs is 5. The van der Waals surface area contributed by atoms with Gasteiger partial charge in [-0.1, -0.05) is 0 Å². The first-order valence-corrected chi connectivity index (χ1v) is 10.5. The van der Waals surface area contributed by atoms with E-state index in [0.29, 0.717) is 17.6 Å². The molecule has 7 heteroatoms. The Morgan fingerprint density at radius 2 is 1.55 bits per heavy atom. The van der Waals surface area contributed by atoms with Crippen LogP contribution in [0.1, 0.15) is 47.4 Å². The predicted octanol–water partition coefficient (Wildman–Crippen LogP) is 5.41. The van der Waals surface area contributed by atoms with E-state index in [9.17, 15) is 22.8 Å². The summed E-state index contributed by atoms with van der Waals surface area (Å²) in [6.07, 6.45) is -0.639. The van der Waals surface area contributed by atoms with Crippen LogP contribution in [0.15, 0.2) is 30.5 Å². The molecule has 0 saturated heterocycles.